The van der Waals surface area contributed by atoms with Gasteiger partial charge in [-0.15, -0.1) is 0 Å². The molecule has 1 unspecified atom stereocenters. The second-order valence-electron chi connectivity index (χ2n) is 8.48. The average molecular weight is 463 g/mol. The number of carbonyl (C=O) groups is 2. The molecule has 8 heteroatoms. The van der Waals surface area contributed by atoms with Gasteiger partial charge in [0.1, 0.15) is 17.2 Å². The van der Waals surface area contributed by atoms with E-state index < -0.39 is 0 Å². The Balaban J connectivity index is 1.39. The van der Waals surface area contributed by atoms with Crippen molar-refractivity contribution in [3.8, 4) is 11.5 Å². The molecule has 0 saturated carbocycles. The van der Waals surface area contributed by atoms with Crippen molar-refractivity contribution in [2.75, 3.05) is 20.8 Å². The number of benzene rings is 2. The van der Waals surface area contributed by atoms with Crippen molar-refractivity contribution < 1.29 is 19.1 Å². The summed E-state index contributed by atoms with van der Waals surface area (Å²) in [7, 11) is 3.19. The Labute approximate surface area is 199 Å². The van der Waals surface area contributed by atoms with E-state index in [1.54, 1.807) is 35.9 Å². The largest absolute Gasteiger partial charge is 0.497 e. The summed E-state index contributed by atoms with van der Waals surface area (Å²) in [5.41, 5.74) is 2.83. The number of aryl methyl sites for hydroxylation is 1. The Morgan fingerprint density at radius 3 is 2.41 bits per heavy atom. The number of aromatic nitrogens is 2. The summed E-state index contributed by atoms with van der Waals surface area (Å²) in [5, 5.41) is 7.39. The lowest BCUT2D eigenvalue weighted by Crippen LogP contribution is -2.39. The standard InChI is InChI=1S/C26H30N4O4/c1-18(9-10-19-7-5-4-6-8-19)27-25(31)23-16-24-26(32)29(11-12-30(24)28-23)17-20-13-21(33-2)15-22(14-20)34-3/h4-8,13-16,18H,9-12,17H2,1-3H3,(H,27,31). The minimum Gasteiger partial charge on any atom is -0.497 e. The Morgan fingerprint density at radius 2 is 1.74 bits per heavy atom. The third kappa shape index (κ3) is 5.39. The van der Waals surface area contributed by atoms with Crippen LogP contribution in [0.3, 0.4) is 0 Å². The quantitative estimate of drug-likeness (QED) is 0.527. The van der Waals surface area contributed by atoms with Gasteiger partial charge in [-0.2, -0.15) is 5.10 Å². The fourth-order valence-corrected chi connectivity index (χ4v) is 4.08. The molecule has 0 spiro atoms. The molecule has 1 N–H and O–H groups in total. The van der Waals surface area contributed by atoms with Crippen molar-refractivity contribution in [3.05, 3.63) is 77.1 Å². The average Bonchev–Trinajstić information content (AvgIpc) is 3.30. The second kappa shape index (κ2) is 10.4. The van der Waals surface area contributed by atoms with E-state index in [4.69, 9.17) is 9.47 Å². The number of rotatable bonds is 9. The summed E-state index contributed by atoms with van der Waals surface area (Å²) in [6.45, 7) is 3.42. The molecule has 2 aromatic carbocycles. The summed E-state index contributed by atoms with van der Waals surface area (Å²) in [4.78, 5) is 27.6. The lowest BCUT2D eigenvalue weighted by molar-refractivity contribution is 0.0682. The van der Waals surface area contributed by atoms with E-state index in [2.05, 4.69) is 22.5 Å². The number of hydrogen-bond donors (Lipinski definition) is 1. The molecule has 0 radical (unpaired) electrons. The van der Waals surface area contributed by atoms with Gasteiger partial charge in [0.2, 0.25) is 0 Å². The molecule has 1 aliphatic heterocycles. The number of ether oxygens (including phenoxy) is 2. The maximum atomic E-state index is 13.1. The highest BCUT2D eigenvalue weighted by Crippen LogP contribution is 2.25. The van der Waals surface area contributed by atoms with Crippen molar-refractivity contribution in [2.24, 2.45) is 0 Å². The maximum absolute atomic E-state index is 13.1. The van der Waals surface area contributed by atoms with E-state index in [1.165, 1.54) is 5.56 Å². The van der Waals surface area contributed by atoms with Crippen molar-refractivity contribution in [1.29, 1.82) is 0 Å². The van der Waals surface area contributed by atoms with E-state index in [1.807, 2.05) is 37.3 Å². The lowest BCUT2D eigenvalue weighted by Gasteiger charge is -2.27. The highest BCUT2D eigenvalue weighted by Gasteiger charge is 2.28. The number of methoxy groups -OCH3 is 2. The fourth-order valence-electron chi connectivity index (χ4n) is 4.08. The first-order valence-electron chi connectivity index (χ1n) is 11.4. The van der Waals surface area contributed by atoms with Crippen molar-refractivity contribution in [3.63, 3.8) is 0 Å². The highest BCUT2D eigenvalue weighted by molar-refractivity contribution is 5.98. The first-order valence-corrected chi connectivity index (χ1v) is 11.4. The number of hydrogen-bond acceptors (Lipinski definition) is 5. The number of carbonyl (C=O) groups excluding carboxylic acids is 2. The minimum atomic E-state index is -0.264. The number of amides is 2. The van der Waals surface area contributed by atoms with Crippen LogP contribution in [0, 0.1) is 0 Å². The van der Waals surface area contributed by atoms with Crippen LogP contribution < -0.4 is 14.8 Å². The molecule has 2 heterocycles. The summed E-state index contributed by atoms with van der Waals surface area (Å²) < 4.78 is 12.3. The smallest absolute Gasteiger partial charge is 0.272 e. The Morgan fingerprint density at radius 1 is 1.03 bits per heavy atom. The van der Waals surface area contributed by atoms with E-state index in [0.717, 1.165) is 18.4 Å². The Bertz CT molecular complexity index is 1140. The van der Waals surface area contributed by atoms with Crippen LogP contribution in [-0.4, -0.2) is 53.3 Å². The van der Waals surface area contributed by atoms with Crippen LogP contribution in [0.5, 0.6) is 11.5 Å². The summed E-state index contributed by atoms with van der Waals surface area (Å²) in [5.74, 6) is 0.921. The summed E-state index contributed by atoms with van der Waals surface area (Å²) in [6, 6.07) is 17.3. The molecular formula is C26H30N4O4. The van der Waals surface area contributed by atoms with Gasteiger partial charge in [-0.3, -0.25) is 14.3 Å². The first-order chi connectivity index (χ1) is 16.5. The van der Waals surface area contributed by atoms with Crippen LogP contribution in [0.2, 0.25) is 0 Å². The molecule has 0 bridgehead atoms. The zero-order valence-electron chi connectivity index (χ0n) is 19.8. The zero-order chi connectivity index (χ0) is 24.1. The van der Waals surface area contributed by atoms with Gasteiger partial charge in [-0.05, 0) is 43.0 Å². The Hall–Kier alpha value is -3.81. The van der Waals surface area contributed by atoms with E-state index in [0.29, 0.717) is 36.8 Å². The van der Waals surface area contributed by atoms with E-state index >= 15 is 0 Å². The number of nitrogens with zero attached hydrogens (tertiary/aromatic N) is 3. The number of fused-ring (bicyclic) bond motifs is 1. The molecule has 0 saturated heterocycles. The van der Waals surface area contributed by atoms with E-state index in [-0.39, 0.29) is 23.6 Å². The van der Waals surface area contributed by atoms with Gasteiger partial charge in [0.05, 0.1) is 20.8 Å². The fraction of sp³-hybridized carbons (Fsp3) is 0.346. The molecule has 1 aliphatic rings. The van der Waals surface area contributed by atoms with E-state index in [9.17, 15) is 9.59 Å². The zero-order valence-corrected chi connectivity index (χ0v) is 19.8. The van der Waals surface area contributed by atoms with Gasteiger partial charge in [-0.1, -0.05) is 30.3 Å². The van der Waals surface area contributed by atoms with Crippen LogP contribution in [0.4, 0.5) is 0 Å². The first kappa shape index (κ1) is 23.4. The number of nitrogens with one attached hydrogen (secondary N) is 1. The van der Waals surface area contributed by atoms with Gasteiger partial charge in [-0.25, -0.2) is 0 Å². The third-order valence-corrected chi connectivity index (χ3v) is 5.97. The van der Waals surface area contributed by atoms with Gasteiger partial charge in [0.15, 0.2) is 5.69 Å². The van der Waals surface area contributed by atoms with Gasteiger partial charge in [0, 0.05) is 31.3 Å². The Kier molecular flexibility index (Phi) is 7.15. The SMILES string of the molecule is COc1cc(CN2CCn3nc(C(=O)NC(C)CCc4ccccc4)cc3C2=O)cc(OC)c1. The van der Waals surface area contributed by atoms with Crippen molar-refractivity contribution in [2.45, 2.75) is 38.9 Å². The van der Waals surface area contributed by atoms with Crippen LogP contribution in [0.25, 0.3) is 0 Å². The van der Waals surface area contributed by atoms with Crippen LogP contribution in [-0.2, 0) is 19.5 Å². The van der Waals surface area contributed by atoms with Crippen LogP contribution in [0.15, 0.2) is 54.6 Å². The van der Waals surface area contributed by atoms with Gasteiger partial charge < -0.3 is 19.7 Å². The molecule has 178 valence electrons. The van der Waals surface area contributed by atoms with Crippen LogP contribution >= 0.6 is 0 Å². The lowest BCUT2D eigenvalue weighted by atomic mass is 10.1. The molecule has 1 atom stereocenters. The van der Waals surface area contributed by atoms with Crippen molar-refractivity contribution >= 4 is 11.8 Å². The molecule has 3 aromatic rings. The molecule has 0 fully saturated rings. The third-order valence-electron chi connectivity index (χ3n) is 5.97. The van der Waals surface area contributed by atoms with Gasteiger partial charge in [0.25, 0.3) is 11.8 Å². The van der Waals surface area contributed by atoms with Crippen molar-refractivity contribution in [1.82, 2.24) is 20.0 Å². The second-order valence-corrected chi connectivity index (χ2v) is 8.48. The predicted molar refractivity (Wildman–Crippen MR) is 128 cm³/mol. The normalized spacial score (nSPS) is 13.9. The summed E-state index contributed by atoms with van der Waals surface area (Å²) in [6.07, 6.45) is 1.70. The molecule has 8 nitrogen and oxygen atoms in total. The highest BCUT2D eigenvalue weighted by atomic mass is 16.5. The monoisotopic (exact) mass is 462 g/mol. The molecule has 34 heavy (non-hydrogen) atoms. The molecule has 1 aromatic heterocycles. The maximum Gasteiger partial charge on any atom is 0.272 e. The molecule has 4 rings (SSSR count). The molecule has 2 amide bonds. The van der Waals surface area contributed by atoms with Gasteiger partial charge >= 0.3 is 0 Å². The molecular weight excluding hydrogens is 432 g/mol. The molecule has 0 aliphatic carbocycles. The van der Waals surface area contributed by atoms with Crippen LogP contribution in [0.1, 0.15) is 45.4 Å². The topological polar surface area (TPSA) is 85.7 Å². The predicted octanol–water partition coefficient (Wildman–Crippen LogP) is 3.31. The summed E-state index contributed by atoms with van der Waals surface area (Å²) >= 11 is 0. The minimum absolute atomic E-state index is 0.0123.